The fraction of sp³-hybridized carbons (Fsp3) is 0.350. The Balaban J connectivity index is 1.51. The first-order valence-corrected chi connectivity index (χ1v) is 9.53. The molecule has 3 rings (SSSR count). The molecule has 24 heavy (non-hydrogen) atoms. The van der Waals surface area contributed by atoms with Gasteiger partial charge in [0.2, 0.25) is 0 Å². The van der Waals surface area contributed by atoms with Crippen LogP contribution in [0.25, 0.3) is 0 Å². The molecule has 0 saturated heterocycles. The van der Waals surface area contributed by atoms with Crippen molar-refractivity contribution in [2.24, 2.45) is 0 Å². The second-order valence-electron chi connectivity index (χ2n) is 6.47. The van der Waals surface area contributed by atoms with Gasteiger partial charge in [0.25, 0.3) is 5.91 Å². The van der Waals surface area contributed by atoms with Gasteiger partial charge in [0.15, 0.2) is 0 Å². The highest BCUT2D eigenvalue weighted by Crippen LogP contribution is 2.31. The van der Waals surface area contributed by atoms with Crippen LogP contribution < -0.4 is 10.2 Å². The molecule has 0 spiro atoms. The van der Waals surface area contributed by atoms with Crippen LogP contribution in [0.15, 0.2) is 42.5 Å². The molecule has 126 valence electrons. The van der Waals surface area contributed by atoms with E-state index in [0.717, 1.165) is 28.5 Å². The molecule has 1 heterocycles. The summed E-state index contributed by atoms with van der Waals surface area (Å²) in [5.41, 5.74) is 4.73. The Bertz CT molecular complexity index is 744. The van der Waals surface area contributed by atoms with Crippen molar-refractivity contribution in [1.29, 1.82) is 0 Å². The molecule has 3 nitrogen and oxygen atoms in total. The first-order chi connectivity index (χ1) is 11.6. The van der Waals surface area contributed by atoms with Crippen molar-refractivity contribution in [3.05, 3.63) is 62.7 Å². The Labute approximate surface area is 157 Å². The number of hydrogen-bond donors (Lipinski definition) is 1. The van der Waals surface area contributed by atoms with Crippen LogP contribution in [0.3, 0.4) is 0 Å². The van der Waals surface area contributed by atoms with E-state index in [4.69, 9.17) is 0 Å². The van der Waals surface area contributed by atoms with Gasteiger partial charge in [-0.05, 0) is 73.0 Å². The van der Waals surface area contributed by atoms with E-state index in [2.05, 4.69) is 64.0 Å². The van der Waals surface area contributed by atoms with Crippen LogP contribution in [0.2, 0.25) is 0 Å². The number of fused-ring (bicyclic) bond motifs is 1. The third kappa shape index (κ3) is 3.74. The number of halogens is 1. The van der Waals surface area contributed by atoms with Crippen LogP contribution in [0.1, 0.15) is 34.8 Å². The van der Waals surface area contributed by atoms with Gasteiger partial charge in [-0.1, -0.05) is 29.8 Å². The monoisotopic (exact) mass is 434 g/mol. The smallest absolute Gasteiger partial charge is 0.252 e. The van der Waals surface area contributed by atoms with E-state index in [1.165, 1.54) is 16.8 Å². The van der Waals surface area contributed by atoms with Crippen molar-refractivity contribution < 1.29 is 4.79 Å². The van der Waals surface area contributed by atoms with E-state index in [-0.39, 0.29) is 5.91 Å². The van der Waals surface area contributed by atoms with Crippen molar-refractivity contribution in [2.45, 2.75) is 32.7 Å². The van der Waals surface area contributed by atoms with Gasteiger partial charge in [-0.2, -0.15) is 0 Å². The largest absolute Gasteiger partial charge is 0.368 e. The Hall–Kier alpha value is -1.56. The number of nitrogens with one attached hydrogen (secondary N) is 1. The first kappa shape index (κ1) is 17.3. The molecule has 1 N–H and O–H groups in total. The molecule has 1 aliphatic heterocycles. The quantitative estimate of drug-likeness (QED) is 0.566. The molecule has 0 bridgehead atoms. The van der Waals surface area contributed by atoms with Gasteiger partial charge in [-0.15, -0.1) is 0 Å². The van der Waals surface area contributed by atoms with Crippen LogP contribution >= 0.6 is 22.6 Å². The maximum Gasteiger partial charge on any atom is 0.252 e. The van der Waals surface area contributed by atoms with Gasteiger partial charge < -0.3 is 10.2 Å². The van der Waals surface area contributed by atoms with E-state index in [9.17, 15) is 4.79 Å². The van der Waals surface area contributed by atoms with Crippen molar-refractivity contribution in [3.8, 4) is 0 Å². The molecule has 1 atom stereocenters. The number of benzene rings is 2. The summed E-state index contributed by atoms with van der Waals surface area (Å²) in [6, 6.07) is 15.1. The molecular weight excluding hydrogens is 411 g/mol. The van der Waals surface area contributed by atoms with Crippen molar-refractivity contribution in [1.82, 2.24) is 5.32 Å². The summed E-state index contributed by atoms with van der Waals surface area (Å²) in [5, 5.41) is 3.05. The molecular formula is C20H23IN2O. The van der Waals surface area contributed by atoms with Gasteiger partial charge in [0.05, 0.1) is 5.56 Å². The van der Waals surface area contributed by atoms with E-state index >= 15 is 0 Å². The fourth-order valence-corrected chi connectivity index (χ4v) is 4.24. The van der Waals surface area contributed by atoms with E-state index < -0.39 is 0 Å². The number of anilines is 1. The normalized spacial score (nSPS) is 16.1. The highest BCUT2D eigenvalue weighted by Gasteiger charge is 2.24. The van der Waals surface area contributed by atoms with Gasteiger partial charge in [-0.3, -0.25) is 4.79 Å². The molecule has 2 aromatic carbocycles. The summed E-state index contributed by atoms with van der Waals surface area (Å²) in [4.78, 5) is 14.8. The topological polar surface area (TPSA) is 32.3 Å². The van der Waals surface area contributed by atoms with Crippen molar-refractivity contribution >= 4 is 34.2 Å². The minimum Gasteiger partial charge on any atom is -0.368 e. The lowest BCUT2D eigenvalue weighted by Gasteiger charge is -2.25. The van der Waals surface area contributed by atoms with Crippen LogP contribution in [0.5, 0.6) is 0 Å². The minimum atomic E-state index is 0.0225. The molecule has 4 heteroatoms. The Morgan fingerprint density at radius 2 is 2.08 bits per heavy atom. The number of amides is 1. The van der Waals surface area contributed by atoms with Gasteiger partial charge in [0.1, 0.15) is 0 Å². The van der Waals surface area contributed by atoms with Crippen LogP contribution in [0.4, 0.5) is 5.69 Å². The fourth-order valence-electron chi connectivity index (χ4n) is 3.32. The number of rotatable bonds is 5. The number of aryl methyl sites for hydroxylation is 1. The lowest BCUT2D eigenvalue weighted by Crippen LogP contribution is -2.33. The van der Waals surface area contributed by atoms with E-state index in [0.29, 0.717) is 12.6 Å². The summed E-state index contributed by atoms with van der Waals surface area (Å²) >= 11 is 2.23. The van der Waals surface area contributed by atoms with E-state index in [1.807, 2.05) is 25.1 Å². The maximum absolute atomic E-state index is 12.3. The zero-order valence-electron chi connectivity index (χ0n) is 14.2. The molecule has 1 unspecified atom stereocenters. The number of para-hydroxylation sites is 1. The standard InChI is InChI=1S/C20H23IN2O/c1-14-8-9-17(18(21)12-14)20(24)22-10-5-11-23-15(2)13-16-6-3-4-7-19(16)23/h3-4,6-9,12,15H,5,10-11,13H2,1-2H3,(H,22,24). The summed E-state index contributed by atoms with van der Waals surface area (Å²) in [5.74, 6) is 0.0225. The Morgan fingerprint density at radius 3 is 2.88 bits per heavy atom. The predicted molar refractivity (Wildman–Crippen MR) is 108 cm³/mol. The Kier molecular flexibility index (Phi) is 5.43. The predicted octanol–water partition coefficient (Wildman–Crippen LogP) is 4.17. The lowest BCUT2D eigenvalue weighted by atomic mass is 10.1. The highest BCUT2D eigenvalue weighted by atomic mass is 127. The van der Waals surface area contributed by atoms with Crippen LogP contribution in [-0.4, -0.2) is 25.0 Å². The number of carbonyl (C=O) groups is 1. The van der Waals surface area contributed by atoms with E-state index in [1.54, 1.807) is 0 Å². The van der Waals surface area contributed by atoms with Crippen LogP contribution in [0, 0.1) is 10.5 Å². The average Bonchev–Trinajstić information content (AvgIpc) is 2.87. The average molecular weight is 434 g/mol. The third-order valence-corrected chi connectivity index (χ3v) is 5.47. The third-order valence-electron chi connectivity index (χ3n) is 4.58. The van der Waals surface area contributed by atoms with Gasteiger partial charge in [-0.25, -0.2) is 0 Å². The second-order valence-corrected chi connectivity index (χ2v) is 7.63. The van der Waals surface area contributed by atoms with Crippen molar-refractivity contribution in [2.75, 3.05) is 18.0 Å². The summed E-state index contributed by atoms with van der Waals surface area (Å²) < 4.78 is 1.01. The molecule has 2 aromatic rings. The molecule has 0 radical (unpaired) electrons. The molecule has 0 aliphatic carbocycles. The van der Waals surface area contributed by atoms with Gasteiger partial charge in [0, 0.05) is 28.4 Å². The zero-order chi connectivity index (χ0) is 17.1. The molecule has 0 fully saturated rings. The molecule has 1 amide bonds. The van der Waals surface area contributed by atoms with Crippen molar-refractivity contribution in [3.63, 3.8) is 0 Å². The summed E-state index contributed by atoms with van der Waals surface area (Å²) in [7, 11) is 0. The second kappa shape index (κ2) is 7.55. The van der Waals surface area contributed by atoms with Crippen LogP contribution in [-0.2, 0) is 6.42 Å². The molecule has 1 aliphatic rings. The number of hydrogen-bond acceptors (Lipinski definition) is 2. The first-order valence-electron chi connectivity index (χ1n) is 8.45. The number of nitrogens with zero attached hydrogens (tertiary/aromatic N) is 1. The minimum absolute atomic E-state index is 0.0225. The highest BCUT2D eigenvalue weighted by molar-refractivity contribution is 14.1. The Morgan fingerprint density at radius 1 is 1.29 bits per heavy atom. The summed E-state index contributed by atoms with van der Waals surface area (Å²) in [6.45, 7) is 5.99. The molecule has 0 saturated carbocycles. The SMILES string of the molecule is Cc1ccc(C(=O)NCCCN2c3ccccc3CC2C)c(I)c1. The lowest BCUT2D eigenvalue weighted by molar-refractivity contribution is 0.0952. The summed E-state index contributed by atoms with van der Waals surface area (Å²) in [6.07, 6.45) is 2.07. The molecule has 0 aromatic heterocycles. The van der Waals surface area contributed by atoms with Gasteiger partial charge >= 0.3 is 0 Å². The maximum atomic E-state index is 12.3. The number of carbonyl (C=O) groups excluding carboxylic acids is 1. The zero-order valence-corrected chi connectivity index (χ0v) is 16.3.